The molecule has 1 rings (SSSR count). The minimum atomic E-state index is -0.0515. The number of carbonyl (C=O) groups is 1. The van der Waals surface area contributed by atoms with E-state index in [0.717, 1.165) is 0 Å². The highest BCUT2D eigenvalue weighted by Gasteiger charge is 2.06. The molecule has 0 unspecified atom stereocenters. The highest BCUT2D eigenvalue weighted by molar-refractivity contribution is 6.32. The Balaban J connectivity index is 2.90. The van der Waals surface area contributed by atoms with Gasteiger partial charge in [0.05, 0.1) is 11.6 Å². The number of halogens is 1. The molecule has 0 saturated heterocycles. The highest BCUT2D eigenvalue weighted by Crippen LogP contribution is 2.23. The van der Waals surface area contributed by atoms with Crippen LogP contribution in [0.4, 0.5) is 0 Å². The van der Waals surface area contributed by atoms with Crippen LogP contribution in [0.1, 0.15) is 10.4 Å². The van der Waals surface area contributed by atoms with E-state index in [0.29, 0.717) is 5.56 Å². The summed E-state index contributed by atoms with van der Waals surface area (Å²) in [6, 6.07) is 4.41. The van der Waals surface area contributed by atoms with Crippen molar-refractivity contribution in [1.29, 1.82) is 0 Å². The summed E-state index contributed by atoms with van der Waals surface area (Å²) in [6.07, 6.45) is 0. The van der Waals surface area contributed by atoms with Crippen molar-refractivity contribution < 1.29 is 9.90 Å². The third kappa shape index (κ3) is 2.44. The largest absolute Gasteiger partial charge is 0.506 e. The number of phenols is 1. The molecule has 2 N–H and O–H groups in total. The van der Waals surface area contributed by atoms with E-state index in [1.54, 1.807) is 13.1 Å². The lowest BCUT2D eigenvalue weighted by atomic mass is 10.1. The Labute approximate surface area is 81.3 Å². The van der Waals surface area contributed by atoms with Gasteiger partial charge in [-0.25, -0.2) is 0 Å². The van der Waals surface area contributed by atoms with Crippen molar-refractivity contribution >= 4 is 17.4 Å². The summed E-state index contributed by atoms with van der Waals surface area (Å²) in [5.74, 6) is -0.0629. The molecular formula is C9H10ClNO2. The molecule has 0 radical (unpaired) electrons. The second-order valence-electron chi connectivity index (χ2n) is 2.62. The lowest BCUT2D eigenvalue weighted by molar-refractivity contribution is 0.0993. The molecule has 0 aromatic heterocycles. The highest BCUT2D eigenvalue weighted by atomic mass is 35.5. The molecule has 0 heterocycles. The fourth-order valence-electron chi connectivity index (χ4n) is 0.943. The number of carbonyl (C=O) groups excluding carboxylic acids is 1. The van der Waals surface area contributed by atoms with Crippen LogP contribution >= 0.6 is 11.6 Å². The van der Waals surface area contributed by atoms with E-state index in [1.165, 1.54) is 12.1 Å². The lowest BCUT2D eigenvalue weighted by Gasteiger charge is -2.01. The van der Waals surface area contributed by atoms with Crippen molar-refractivity contribution in [2.24, 2.45) is 0 Å². The Morgan fingerprint density at radius 2 is 2.31 bits per heavy atom. The van der Waals surface area contributed by atoms with Gasteiger partial charge in [-0.3, -0.25) is 4.79 Å². The first-order chi connectivity index (χ1) is 6.15. The molecule has 0 spiro atoms. The molecule has 1 aromatic rings. The van der Waals surface area contributed by atoms with Gasteiger partial charge >= 0.3 is 0 Å². The number of nitrogens with one attached hydrogen (secondary N) is 1. The maximum absolute atomic E-state index is 11.3. The zero-order valence-corrected chi connectivity index (χ0v) is 7.93. The molecule has 0 aliphatic carbocycles. The quantitative estimate of drug-likeness (QED) is 0.725. The number of rotatable bonds is 3. The third-order valence-corrected chi connectivity index (χ3v) is 1.91. The number of aromatic hydroxyl groups is 1. The maximum atomic E-state index is 11.3. The van der Waals surface area contributed by atoms with Gasteiger partial charge in [-0.05, 0) is 25.2 Å². The zero-order chi connectivity index (χ0) is 9.84. The average molecular weight is 200 g/mol. The first-order valence-electron chi connectivity index (χ1n) is 3.81. The van der Waals surface area contributed by atoms with Crippen molar-refractivity contribution in [3.63, 3.8) is 0 Å². The molecule has 0 saturated carbocycles. The van der Waals surface area contributed by atoms with E-state index < -0.39 is 0 Å². The van der Waals surface area contributed by atoms with Crippen LogP contribution < -0.4 is 5.32 Å². The zero-order valence-electron chi connectivity index (χ0n) is 7.17. The second-order valence-corrected chi connectivity index (χ2v) is 3.03. The number of likely N-dealkylation sites (N-methyl/N-ethyl adjacent to an activating group) is 1. The number of ketones is 1. The van der Waals surface area contributed by atoms with E-state index in [9.17, 15) is 4.79 Å². The van der Waals surface area contributed by atoms with Gasteiger partial charge in [0.25, 0.3) is 0 Å². The predicted molar refractivity (Wildman–Crippen MR) is 51.4 cm³/mol. The average Bonchev–Trinajstić information content (AvgIpc) is 2.10. The Bertz CT molecular complexity index is 325. The van der Waals surface area contributed by atoms with Gasteiger partial charge in [-0.2, -0.15) is 0 Å². The van der Waals surface area contributed by atoms with Gasteiger partial charge in [0.1, 0.15) is 5.75 Å². The van der Waals surface area contributed by atoms with Crippen molar-refractivity contribution in [3.05, 3.63) is 28.8 Å². The number of benzene rings is 1. The first kappa shape index (κ1) is 10.0. The number of hydrogen-bond donors (Lipinski definition) is 2. The molecular weight excluding hydrogens is 190 g/mol. The molecule has 0 aliphatic rings. The number of phenolic OH excluding ortho intramolecular Hbond substituents is 1. The summed E-state index contributed by atoms with van der Waals surface area (Å²) in [5.41, 5.74) is 0.497. The van der Waals surface area contributed by atoms with Gasteiger partial charge in [-0.15, -0.1) is 0 Å². The van der Waals surface area contributed by atoms with Gasteiger partial charge in [-0.1, -0.05) is 11.6 Å². The van der Waals surface area contributed by atoms with Crippen LogP contribution in [0, 0.1) is 0 Å². The van der Waals surface area contributed by atoms with Crippen molar-refractivity contribution in [3.8, 4) is 5.75 Å². The van der Waals surface area contributed by atoms with Crippen molar-refractivity contribution in [2.45, 2.75) is 0 Å². The Morgan fingerprint density at radius 1 is 1.62 bits per heavy atom. The van der Waals surface area contributed by atoms with E-state index >= 15 is 0 Å². The summed E-state index contributed by atoms with van der Waals surface area (Å²) in [4.78, 5) is 11.3. The normalized spacial score (nSPS) is 10.0. The molecule has 0 atom stereocenters. The van der Waals surface area contributed by atoms with Crippen LogP contribution in [0.2, 0.25) is 5.02 Å². The molecule has 3 nitrogen and oxygen atoms in total. The fraction of sp³-hybridized carbons (Fsp3) is 0.222. The topological polar surface area (TPSA) is 49.3 Å². The molecule has 4 heteroatoms. The summed E-state index contributed by atoms with van der Waals surface area (Å²) < 4.78 is 0. The van der Waals surface area contributed by atoms with Crippen molar-refractivity contribution in [2.75, 3.05) is 13.6 Å². The van der Waals surface area contributed by atoms with Gasteiger partial charge in [0, 0.05) is 5.56 Å². The monoisotopic (exact) mass is 199 g/mol. The van der Waals surface area contributed by atoms with E-state index in [4.69, 9.17) is 16.7 Å². The van der Waals surface area contributed by atoms with Gasteiger partial charge < -0.3 is 10.4 Å². The Hall–Kier alpha value is -1.06. The summed E-state index contributed by atoms with van der Waals surface area (Å²) in [5, 5.41) is 12.0. The lowest BCUT2D eigenvalue weighted by Crippen LogP contribution is -2.18. The Kier molecular flexibility index (Phi) is 3.28. The maximum Gasteiger partial charge on any atom is 0.176 e. The van der Waals surface area contributed by atoms with Crippen LogP contribution in [0.15, 0.2) is 18.2 Å². The molecule has 1 aromatic carbocycles. The smallest absolute Gasteiger partial charge is 0.176 e. The molecule has 0 fully saturated rings. The summed E-state index contributed by atoms with van der Waals surface area (Å²) in [6.45, 7) is 0.265. The summed E-state index contributed by atoms with van der Waals surface area (Å²) >= 11 is 5.64. The van der Waals surface area contributed by atoms with Crippen molar-refractivity contribution in [1.82, 2.24) is 5.32 Å². The van der Waals surface area contributed by atoms with Gasteiger partial charge in [0.15, 0.2) is 5.78 Å². The molecule has 0 aliphatic heterocycles. The van der Waals surface area contributed by atoms with E-state index in [2.05, 4.69) is 5.32 Å². The van der Waals surface area contributed by atoms with Crippen LogP contribution in [-0.2, 0) is 0 Å². The number of Topliss-reactive ketones (excluding diaryl/α,β-unsaturated/α-hetero) is 1. The SMILES string of the molecule is CNCC(=O)c1ccc(O)c(Cl)c1. The summed E-state index contributed by atoms with van der Waals surface area (Å²) in [7, 11) is 1.69. The predicted octanol–water partition coefficient (Wildman–Crippen LogP) is 1.45. The minimum Gasteiger partial charge on any atom is -0.506 e. The van der Waals surface area contributed by atoms with Crippen LogP contribution in [0.25, 0.3) is 0 Å². The van der Waals surface area contributed by atoms with Crippen LogP contribution in [0.3, 0.4) is 0 Å². The minimum absolute atomic E-state index is 0.0114. The fourth-order valence-corrected chi connectivity index (χ4v) is 1.12. The first-order valence-corrected chi connectivity index (χ1v) is 4.19. The second kappa shape index (κ2) is 4.25. The molecule has 0 bridgehead atoms. The van der Waals surface area contributed by atoms with Crippen LogP contribution in [0.5, 0.6) is 5.75 Å². The molecule has 0 amide bonds. The Morgan fingerprint density at radius 3 is 2.85 bits per heavy atom. The molecule has 70 valence electrons. The number of hydrogen-bond acceptors (Lipinski definition) is 3. The van der Waals surface area contributed by atoms with E-state index in [1.807, 2.05) is 0 Å². The molecule has 13 heavy (non-hydrogen) atoms. The third-order valence-electron chi connectivity index (χ3n) is 1.61. The van der Waals surface area contributed by atoms with Gasteiger partial charge in [0.2, 0.25) is 0 Å². The standard InChI is InChI=1S/C9H10ClNO2/c1-11-5-9(13)6-2-3-8(12)7(10)4-6/h2-4,11-12H,5H2,1H3. The van der Waals surface area contributed by atoms with E-state index in [-0.39, 0.29) is 23.1 Å². The van der Waals surface area contributed by atoms with Crippen LogP contribution in [-0.4, -0.2) is 24.5 Å².